The highest BCUT2D eigenvalue weighted by Gasteiger charge is 2.32. The highest BCUT2D eigenvalue weighted by atomic mass is 19.1. The van der Waals surface area contributed by atoms with E-state index >= 15 is 0 Å². The molecular weight excluding hydrogens is 423 g/mol. The molecule has 33 heavy (non-hydrogen) atoms. The van der Waals surface area contributed by atoms with E-state index in [1.54, 1.807) is 31.6 Å². The summed E-state index contributed by atoms with van der Waals surface area (Å²) in [6.07, 6.45) is 6.49. The summed E-state index contributed by atoms with van der Waals surface area (Å²) >= 11 is 0. The Kier molecular flexibility index (Phi) is 5.80. The zero-order chi connectivity index (χ0) is 22.9. The molecule has 1 aliphatic carbocycles. The van der Waals surface area contributed by atoms with E-state index in [0.29, 0.717) is 11.4 Å². The number of nitrogens with zero attached hydrogens (tertiary/aromatic N) is 4. The van der Waals surface area contributed by atoms with Crippen molar-refractivity contribution in [2.45, 2.75) is 31.2 Å². The number of amides is 1. The minimum Gasteiger partial charge on any atom is -0.366 e. The fraction of sp³-hybridized carbons (Fsp3) is 0.417. The fourth-order valence-corrected chi connectivity index (χ4v) is 5.15. The summed E-state index contributed by atoms with van der Waals surface area (Å²) < 4.78 is 14.0. The number of rotatable bonds is 4. The first-order valence-corrected chi connectivity index (χ1v) is 11.4. The number of aromatic amines is 1. The van der Waals surface area contributed by atoms with Crippen molar-refractivity contribution in [3.05, 3.63) is 64.3 Å². The molecule has 0 bridgehead atoms. The van der Waals surface area contributed by atoms with Gasteiger partial charge < -0.3 is 15.2 Å². The standard InChI is InChI=1S/C24H27FN6O2/c1-26-24(33)22-27-13-18(14-28-22)31-9-7-30(8-10-31)17-6-5-15(11-17)20-12-16-3-2-4-19(25)21(16)23(32)29-20/h2-4,12-15,17H,5-11H2,1H3,(H,26,33)(H,29,32). The molecule has 1 amide bonds. The zero-order valence-electron chi connectivity index (χ0n) is 18.6. The van der Waals surface area contributed by atoms with Gasteiger partial charge in [-0.25, -0.2) is 14.4 Å². The zero-order valence-corrected chi connectivity index (χ0v) is 18.6. The molecule has 0 spiro atoms. The molecule has 2 aliphatic rings. The number of piperazine rings is 1. The van der Waals surface area contributed by atoms with E-state index in [-0.39, 0.29) is 28.6 Å². The quantitative estimate of drug-likeness (QED) is 0.633. The van der Waals surface area contributed by atoms with Crippen molar-refractivity contribution in [1.82, 2.24) is 25.2 Å². The van der Waals surface area contributed by atoms with Gasteiger partial charge in [0.05, 0.1) is 23.5 Å². The molecule has 2 aromatic heterocycles. The van der Waals surface area contributed by atoms with Crippen LogP contribution in [0.3, 0.4) is 0 Å². The number of carbonyl (C=O) groups excluding carboxylic acids is 1. The Morgan fingerprint density at radius 1 is 1.15 bits per heavy atom. The second-order valence-corrected chi connectivity index (χ2v) is 8.79. The van der Waals surface area contributed by atoms with Gasteiger partial charge in [-0.2, -0.15) is 0 Å². The fourth-order valence-electron chi connectivity index (χ4n) is 5.15. The van der Waals surface area contributed by atoms with Crippen LogP contribution >= 0.6 is 0 Å². The Bertz CT molecular complexity index is 1220. The van der Waals surface area contributed by atoms with Crippen molar-refractivity contribution in [3.8, 4) is 0 Å². The Labute approximate surface area is 190 Å². The summed E-state index contributed by atoms with van der Waals surface area (Å²) in [5.74, 6) is -0.318. The van der Waals surface area contributed by atoms with E-state index in [1.165, 1.54) is 6.07 Å². The first kappa shape index (κ1) is 21.5. The SMILES string of the molecule is CNC(=O)c1ncc(N2CCN(C3CCC(c4cc5cccc(F)c5c(=O)[nH]4)C3)CC2)cn1. The molecule has 1 aromatic carbocycles. The summed E-state index contributed by atoms with van der Waals surface area (Å²) in [6, 6.07) is 7.18. The number of benzene rings is 1. The van der Waals surface area contributed by atoms with Gasteiger partial charge in [0.1, 0.15) is 5.82 Å². The van der Waals surface area contributed by atoms with Gasteiger partial charge in [0.25, 0.3) is 11.5 Å². The normalized spacial score (nSPS) is 21.5. The Balaban J connectivity index is 1.21. The van der Waals surface area contributed by atoms with Crippen molar-refractivity contribution in [1.29, 1.82) is 0 Å². The molecule has 3 aromatic rings. The van der Waals surface area contributed by atoms with Crippen LogP contribution < -0.4 is 15.8 Å². The van der Waals surface area contributed by atoms with Gasteiger partial charge in [-0.05, 0) is 36.8 Å². The number of anilines is 1. The smallest absolute Gasteiger partial charge is 0.288 e. The van der Waals surface area contributed by atoms with Crippen molar-refractivity contribution >= 4 is 22.4 Å². The van der Waals surface area contributed by atoms with Gasteiger partial charge in [0, 0.05) is 50.9 Å². The van der Waals surface area contributed by atoms with E-state index in [2.05, 4.69) is 30.1 Å². The predicted octanol–water partition coefficient (Wildman–Crippen LogP) is 2.28. The van der Waals surface area contributed by atoms with Crippen molar-refractivity contribution in [2.75, 3.05) is 38.1 Å². The highest BCUT2D eigenvalue weighted by molar-refractivity contribution is 5.90. The minimum absolute atomic E-state index is 0.138. The molecule has 3 heterocycles. The average molecular weight is 451 g/mol. The van der Waals surface area contributed by atoms with Crippen LogP contribution in [0.5, 0.6) is 0 Å². The van der Waals surface area contributed by atoms with Gasteiger partial charge in [0.15, 0.2) is 0 Å². The Morgan fingerprint density at radius 2 is 1.91 bits per heavy atom. The van der Waals surface area contributed by atoms with Crippen molar-refractivity contribution in [3.63, 3.8) is 0 Å². The molecule has 2 atom stereocenters. The molecular formula is C24H27FN6O2. The molecule has 1 aliphatic heterocycles. The van der Waals surface area contributed by atoms with Crippen LogP contribution in [0.25, 0.3) is 10.8 Å². The average Bonchev–Trinajstić information content (AvgIpc) is 3.34. The molecule has 9 heteroatoms. The van der Waals surface area contributed by atoms with E-state index in [0.717, 1.165) is 56.8 Å². The number of halogens is 1. The summed E-state index contributed by atoms with van der Waals surface area (Å²) in [7, 11) is 1.56. The molecule has 2 unspecified atom stereocenters. The van der Waals surface area contributed by atoms with Gasteiger partial charge >= 0.3 is 0 Å². The number of aromatic nitrogens is 3. The number of hydrogen-bond donors (Lipinski definition) is 2. The number of nitrogens with one attached hydrogen (secondary N) is 2. The van der Waals surface area contributed by atoms with Crippen LogP contribution in [0.1, 0.15) is 41.5 Å². The second-order valence-electron chi connectivity index (χ2n) is 8.79. The molecule has 8 nitrogen and oxygen atoms in total. The van der Waals surface area contributed by atoms with Crippen LogP contribution in [0, 0.1) is 5.82 Å². The third-order valence-electron chi connectivity index (χ3n) is 6.95. The van der Waals surface area contributed by atoms with Gasteiger partial charge in [-0.3, -0.25) is 14.5 Å². The maximum Gasteiger partial charge on any atom is 0.288 e. The molecule has 1 saturated carbocycles. The van der Waals surface area contributed by atoms with Gasteiger partial charge in [-0.1, -0.05) is 12.1 Å². The largest absolute Gasteiger partial charge is 0.366 e. The molecule has 2 N–H and O–H groups in total. The topological polar surface area (TPSA) is 94.2 Å². The molecule has 1 saturated heterocycles. The molecule has 5 rings (SSSR count). The first-order valence-electron chi connectivity index (χ1n) is 11.4. The second kappa shape index (κ2) is 8.90. The lowest BCUT2D eigenvalue weighted by Crippen LogP contribution is -2.49. The van der Waals surface area contributed by atoms with Crippen LogP contribution in [-0.2, 0) is 0 Å². The Morgan fingerprint density at radius 3 is 2.64 bits per heavy atom. The summed E-state index contributed by atoms with van der Waals surface area (Å²) in [5.41, 5.74) is 1.49. The predicted molar refractivity (Wildman–Crippen MR) is 124 cm³/mol. The van der Waals surface area contributed by atoms with Crippen LogP contribution in [0.2, 0.25) is 0 Å². The van der Waals surface area contributed by atoms with Gasteiger partial charge in [0.2, 0.25) is 5.82 Å². The Hall–Kier alpha value is -3.33. The lowest BCUT2D eigenvalue weighted by molar-refractivity contribution is 0.0952. The summed E-state index contributed by atoms with van der Waals surface area (Å²) in [4.78, 5) is 40.1. The minimum atomic E-state index is -0.476. The number of fused-ring (bicyclic) bond motifs is 1. The molecule has 172 valence electrons. The number of H-pyrrole nitrogens is 1. The first-order chi connectivity index (χ1) is 16.0. The van der Waals surface area contributed by atoms with E-state index in [1.807, 2.05) is 6.07 Å². The van der Waals surface area contributed by atoms with Gasteiger partial charge in [-0.15, -0.1) is 0 Å². The molecule has 0 radical (unpaired) electrons. The molecule has 2 fully saturated rings. The lowest BCUT2D eigenvalue weighted by Gasteiger charge is -2.39. The van der Waals surface area contributed by atoms with Crippen LogP contribution in [0.15, 0.2) is 41.5 Å². The third kappa shape index (κ3) is 4.20. The maximum absolute atomic E-state index is 14.0. The third-order valence-corrected chi connectivity index (χ3v) is 6.95. The van der Waals surface area contributed by atoms with E-state index in [4.69, 9.17) is 0 Å². The highest BCUT2D eigenvalue weighted by Crippen LogP contribution is 2.37. The maximum atomic E-state index is 14.0. The monoisotopic (exact) mass is 450 g/mol. The van der Waals surface area contributed by atoms with Crippen molar-refractivity contribution in [2.24, 2.45) is 0 Å². The van der Waals surface area contributed by atoms with Crippen LogP contribution in [-0.4, -0.2) is 65.0 Å². The summed E-state index contributed by atoms with van der Waals surface area (Å²) in [5, 5.41) is 3.33. The van der Waals surface area contributed by atoms with E-state index in [9.17, 15) is 14.0 Å². The summed E-state index contributed by atoms with van der Waals surface area (Å²) in [6.45, 7) is 3.62. The van der Waals surface area contributed by atoms with Crippen LogP contribution in [0.4, 0.5) is 10.1 Å². The van der Waals surface area contributed by atoms with E-state index < -0.39 is 5.82 Å². The van der Waals surface area contributed by atoms with Crippen molar-refractivity contribution < 1.29 is 9.18 Å². The number of carbonyl (C=O) groups is 1. The number of hydrogen-bond acceptors (Lipinski definition) is 6. The lowest BCUT2D eigenvalue weighted by atomic mass is 10.00. The number of pyridine rings is 1.